The lowest BCUT2D eigenvalue weighted by Crippen LogP contribution is -2.06. The Balaban J connectivity index is 3.20. The number of rotatable bonds is 20. The van der Waals surface area contributed by atoms with Crippen molar-refractivity contribution in [1.29, 1.82) is 0 Å². The van der Waals surface area contributed by atoms with E-state index in [0.717, 1.165) is 83.5 Å². The van der Waals surface area contributed by atoms with Crippen LogP contribution in [-0.2, 0) is 19.1 Å². The van der Waals surface area contributed by atoms with E-state index in [1.807, 2.05) is 0 Å². The van der Waals surface area contributed by atoms with E-state index in [0.29, 0.717) is 26.1 Å². The van der Waals surface area contributed by atoms with Gasteiger partial charge in [0.25, 0.3) is 0 Å². The van der Waals surface area contributed by atoms with E-state index in [9.17, 15) is 9.59 Å². The Morgan fingerprint density at radius 2 is 0.815 bits per heavy atom. The Hall–Kier alpha value is -1.14. The molecule has 0 fully saturated rings. The third kappa shape index (κ3) is 21.0. The summed E-state index contributed by atoms with van der Waals surface area (Å²) in [6, 6.07) is 0. The molecule has 0 aliphatic heterocycles. The Bertz CT molecular complexity index is 314. The fraction of sp³-hybridized carbons (Fsp3) is 0.905. The summed E-state index contributed by atoms with van der Waals surface area (Å²) in [6.45, 7) is 1.39. The molecule has 0 aromatic rings. The smallest absolute Gasteiger partial charge is 0.305 e. The fourth-order valence-electron chi connectivity index (χ4n) is 2.72. The van der Waals surface area contributed by atoms with Crippen molar-refractivity contribution in [2.24, 2.45) is 0 Å². The average Bonchev–Trinajstić information content (AvgIpc) is 2.66. The first-order chi connectivity index (χ1) is 13.2. The molecule has 0 radical (unpaired) electrons. The van der Waals surface area contributed by atoms with Crippen molar-refractivity contribution in [3.05, 3.63) is 0 Å². The minimum Gasteiger partial charge on any atom is -0.466 e. The van der Waals surface area contributed by atoms with E-state index in [2.05, 4.69) is 0 Å². The lowest BCUT2D eigenvalue weighted by molar-refractivity contribution is -0.144. The first kappa shape index (κ1) is 25.9. The molecule has 0 heterocycles. The van der Waals surface area contributed by atoms with Gasteiger partial charge in [0.05, 0.1) is 13.2 Å². The van der Waals surface area contributed by atoms with E-state index >= 15 is 0 Å². The summed E-state index contributed by atoms with van der Waals surface area (Å²) in [4.78, 5) is 22.9. The van der Waals surface area contributed by atoms with Crippen LogP contribution in [0, 0.1) is 0 Å². The summed E-state index contributed by atoms with van der Waals surface area (Å²) < 4.78 is 10.4. The second kappa shape index (κ2) is 21.2. The van der Waals surface area contributed by atoms with Gasteiger partial charge < -0.3 is 19.7 Å². The topological polar surface area (TPSA) is 93.1 Å². The minimum atomic E-state index is -0.129. The predicted octanol–water partition coefficient (Wildman–Crippen LogP) is 3.91. The second-order valence-corrected chi connectivity index (χ2v) is 6.98. The van der Waals surface area contributed by atoms with Gasteiger partial charge in [-0.25, -0.2) is 0 Å². The highest BCUT2D eigenvalue weighted by molar-refractivity contribution is 5.69. The van der Waals surface area contributed by atoms with Gasteiger partial charge in [-0.2, -0.15) is 0 Å². The lowest BCUT2D eigenvalue weighted by atomic mass is 10.1. The Labute approximate surface area is 164 Å². The molecule has 0 rings (SSSR count). The van der Waals surface area contributed by atoms with Crippen LogP contribution in [0.15, 0.2) is 0 Å². The van der Waals surface area contributed by atoms with Gasteiger partial charge in [-0.3, -0.25) is 9.59 Å². The standard InChI is InChI=1S/C21H40O6/c22-16-10-6-8-14-20(24)26-18-12-4-2-1-3-5-13-19-27-21(25)15-9-7-11-17-23/h22-23H,1-19H2. The molecule has 0 aromatic heterocycles. The zero-order valence-corrected chi connectivity index (χ0v) is 17.0. The summed E-state index contributed by atoms with van der Waals surface area (Å²) in [7, 11) is 0. The van der Waals surface area contributed by atoms with Crippen molar-refractivity contribution in [1.82, 2.24) is 0 Å². The maximum atomic E-state index is 11.4. The molecule has 6 nitrogen and oxygen atoms in total. The highest BCUT2D eigenvalue weighted by Gasteiger charge is 2.03. The number of unbranched alkanes of at least 4 members (excludes halogenated alkanes) is 10. The van der Waals surface area contributed by atoms with E-state index in [-0.39, 0.29) is 25.2 Å². The highest BCUT2D eigenvalue weighted by Crippen LogP contribution is 2.09. The molecule has 2 N–H and O–H groups in total. The molecule has 0 spiro atoms. The van der Waals surface area contributed by atoms with Crippen molar-refractivity contribution in [2.45, 2.75) is 96.3 Å². The maximum absolute atomic E-state index is 11.4. The number of hydrogen-bond donors (Lipinski definition) is 2. The molecular weight excluding hydrogens is 348 g/mol. The van der Waals surface area contributed by atoms with Crippen molar-refractivity contribution < 1.29 is 29.3 Å². The Morgan fingerprint density at radius 1 is 0.481 bits per heavy atom. The van der Waals surface area contributed by atoms with E-state index < -0.39 is 0 Å². The SMILES string of the molecule is O=C(CCCCCO)OCCCCCCCCCOC(=O)CCCCCO. The molecule has 0 aromatic carbocycles. The van der Waals surface area contributed by atoms with Gasteiger partial charge >= 0.3 is 11.9 Å². The number of carbonyl (C=O) groups is 2. The summed E-state index contributed by atoms with van der Waals surface area (Å²) in [6.07, 6.45) is 13.1. The molecule has 0 unspecified atom stereocenters. The maximum Gasteiger partial charge on any atom is 0.305 e. The zero-order valence-electron chi connectivity index (χ0n) is 17.0. The average molecular weight is 389 g/mol. The summed E-state index contributed by atoms with van der Waals surface area (Å²) in [5, 5.41) is 17.3. The first-order valence-corrected chi connectivity index (χ1v) is 10.7. The molecule has 0 aliphatic carbocycles. The van der Waals surface area contributed by atoms with Crippen LogP contribution in [0.25, 0.3) is 0 Å². The third-order valence-electron chi connectivity index (χ3n) is 4.39. The molecule has 0 atom stereocenters. The van der Waals surface area contributed by atoms with E-state index in [1.165, 1.54) is 0 Å². The zero-order chi connectivity index (χ0) is 20.0. The van der Waals surface area contributed by atoms with Crippen LogP contribution >= 0.6 is 0 Å². The minimum absolute atomic E-state index is 0.129. The van der Waals surface area contributed by atoms with Gasteiger partial charge in [-0.1, -0.05) is 44.9 Å². The van der Waals surface area contributed by atoms with Gasteiger partial charge in [0.2, 0.25) is 0 Å². The van der Waals surface area contributed by atoms with Crippen molar-refractivity contribution >= 4 is 11.9 Å². The van der Waals surface area contributed by atoms with Crippen LogP contribution in [0.4, 0.5) is 0 Å². The molecular formula is C21H40O6. The Morgan fingerprint density at radius 3 is 1.19 bits per heavy atom. The quantitative estimate of drug-likeness (QED) is 0.243. The summed E-state index contributed by atoms with van der Waals surface area (Å²) in [5.74, 6) is -0.258. The molecule has 27 heavy (non-hydrogen) atoms. The van der Waals surface area contributed by atoms with Gasteiger partial charge in [0.15, 0.2) is 0 Å². The monoisotopic (exact) mass is 388 g/mol. The summed E-state index contributed by atoms with van der Waals surface area (Å²) in [5.41, 5.74) is 0. The van der Waals surface area contributed by atoms with Crippen LogP contribution in [0.5, 0.6) is 0 Å². The van der Waals surface area contributed by atoms with Gasteiger partial charge in [0, 0.05) is 26.1 Å². The Kier molecular flexibility index (Phi) is 20.3. The molecule has 0 aliphatic rings. The number of aliphatic hydroxyl groups is 2. The summed E-state index contributed by atoms with van der Waals surface area (Å²) >= 11 is 0. The van der Waals surface area contributed by atoms with E-state index in [1.54, 1.807) is 0 Å². The van der Waals surface area contributed by atoms with Crippen molar-refractivity contribution in [3.63, 3.8) is 0 Å². The van der Waals surface area contributed by atoms with Crippen molar-refractivity contribution in [2.75, 3.05) is 26.4 Å². The molecule has 0 amide bonds. The van der Waals surface area contributed by atoms with Crippen LogP contribution in [0.3, 0.4) is 0 Å². The number of esters is 2. The number of hydrogen-bond acceptors (Lipinski definition) is 6. The molecule has 0 saturated carbocycles. The molecule has 6 heteroatoms. The van der Waals surface area contributed by atoms with Crippen LogP contribution in [-0.4, -0.2) is 48.6 Å². The largest absolute Gasteiger partial charge is 0.466 e. The van der Waals surface area contributed by atoms with Gasteiger partial charge in [-0.15, -0.1) is 0 Å². The highest BCUT2D eigenvalue weighted by atomic mass is 16.5. The fourth-order valence-corrected chi connectivity index (χ4v) is 2.72. The van der Waals surface area contributed by atoms with Gasteiger partial charge in [-0.05, 0) is 38.5 Å². The van der Waals surface area contributed by atoms with Crippen LogP contribution < -0.4 is 0 Å². The molecule has 160 valence electrons. The second-order valence-electron chi connectivity index (χ2n) is 6.98. The predicted molar refractivity (Wildman–Crippen MR) is 105 cm³/mol. The molecule has 0 bridgehead atoms. The van der Waals surface area contributed by atoms with Crippen molar-refractivity contribution in [3.8, 4) is 0 Å². The van der Waals surface area contributed by atoms with Crippen LogP contribution in [0.2, 0.25) is 0 Å². The normalized spacial score (nSPS) is 10.7. The van der Waals surface area contributed by atoms with Gasteiger partial charge in [0.1, 0.15) is 0 Å². The first-order valence-electron chi connectivity index (χ1n) is 10.7. The van der Waals surface area contributed by atoms with Crippen LogP contribution in [0.1, 0.15) is 96.3 Å². The molecule has 0 saturated heterocycles. The number of carbonyl (C=O) groups excluding carboxylic acids is 2. The number of aliphatic hydroxyl groups excluding tert-OH is 2. The number of ether oxygens (including phenoxy) is 2. The lowest BCUT2D eigenvalue weighted by Gasteiger charge is -2.06. The third-order valence-corrected chi connectivity index (χ3v) is 4.39. The van der Waals surface area contributed by atoms with E-state index in [4.69, 9.17) is 19.7 Å².